The van der Waals surface area contributed by atoms with Crippen LogP contribution >= 0.6 is 0 Å². The summed E-state index contributed by atoms with van der Waals surface area (Å²) in [7, 11) is 0. The number of carbonyl (C=O) groups excluding carboxylic acids is 1. The molecule has 0 saturated carbocycles. The Kier molecular flexibility index (Phi) is 10.5. The lowest BCUT2D eigenvalue weighted by Gasteiger charge is -2.09. The molecule has 3 rings (SSSR count). The Morgan fingerprint density at radius 1 is 0.703 bits per heavy atom. The molecule has 0 aliphatic heterocycles. The van der Waals surface area contributed by atoms with Gasteiger partial charge in [0.25, 0.3) is 0 Å². The minimum atomic E-state index is -4.79. The number of esters is 1. The fourth-order valence-electron chi connectivity index (χ4n) is 3.42. The van der Waals surface area contributed by atoms with Gasteiger partial charge in [-0.05, 0) is 79.2 Å². The zero-order valence-corrected chi connectivity index (χ0v) is 20.6. The fourth-order valence-corrected chi connectivity index (χ4v) is 3.42. The number of halogens is 3. The van der Waals surface area contributed by atoms with Crippen molar-refractivity contribution in [2.45, 2.75) is 51.8 Å². The maximum Gasteiger partial charge on any atom is 0.573 e. The molecule has 0 radical (unpaired) electrons. The lowest BCUT2D eigenvalue weighted by Crippen LogP contribution is -2.17. The summed E-state index contributed by atoms with van der Waals surface area (Å²) in [6, 6.07) is 18.8. The highest BCUT2D eigenvalue weighted by Gasteiger charge is 2.31. The predicted molar refractivity (Wildman–Crippen MR) is 136 cm³/mol. The third kappa shape index (κ3) is 10.3. The summed E-state index contributed by atoms with van der Waals surface area (Å²) in [6.45, 7) is 2.93. The van der Waals surface area contributed by atoms with Crippen molar-refractivity contribution in [3.05, 3.63) is 89.5 Å². The smallest absolute Gasteiger partial charge is 0.494 e. The van der Waals surface area contributed by atoms with E-state index in [0.717, 1.165) is 35.4 Å². The maximum atomic E-state index is 12.2. The lowest BCUT2D eigenvalue weighted by atomic mass is 10.1. The summed E-state index contributed by atoms with van der Waals surface area (Å²) in [5.74, 6) is 6.15. The molecular formula is C30H29F3O4. The SMILES string of the molecule is CCCCCCCCOc1ccc(C#Cc2ccc(OC(=O)c3ccc(OC(F)(F)F)cc3)cc2)cc1. The Bertz CT molecular complexity index is 1170. The molecule has 0 spiro atoms. The summed E-state index contributed by atoms with van der Waals surface area (Å²) < 4.78 is 51.6. The first kappa shape index (κ1) is 27.7. The van der Waals surface area contributed by atoms with Gasteiger partial charge in [-0.1, -0.05) is 50.9 Å². The van der Waals surface area contributed by atoms with Crippen LogP contribution in [0.4, 0.5) is 13.2 Å². The van der Waals surface area contributed by atoms with Gasteiger partial charge in [-0.15, -0.1) is 13.2 Å². The molecule has 0 atom stereocenters. The molecule has 37 heavy (non-hydrogen) atoms. The number of alkyl halides is 3. The monoisotopic (exact) mass is 510 g/mol. The predicted octanol–water partition coefficient (Wildman–Crippen LogP) is 7.94. The molecule has 0 heterocycles. The van der Waals surface area contributed by atoms with Gasteiger partial charge in [0.1, 0.15) is 17.2 Å². The van der Waals surface area contributed by atoms with Crippen molar-refractivity contribution in [1.82, 2.24) is 0 Å². The van der Waals surface area contributed by atoms with Crippen LogP contribution in [0.2, 0.25) is 0 Å². The van der Waals surface area contributed by atoms with Crippen LogP contribution in [0.15, 0.2) is 72.8 Å². The Balaban J connectivity index is 1.46. The van der Waals surface area contributed by atoms with E-state index in [1.807, 2.05) is 24.3 Å². The molecule has 3 aromatic rings. The minimum absolute atomic E-state index is 0.0952. The van der Waals surface area contributed by atoms with Crippen molar-refractivity contribution in [2.75, 3.05) is 6.61 Å². The highest BCUT2D eigenvalue weighted by molar-refractivity contribution is 5.91. The Labute approximate surface area is 215 Å². The van der Waals surface area contributed by atoms with Gasteiger partial charge in [-0.3, -0.25) is 0 Å². The van der Waals surface area contributed by atoms with E-state index in [-0.39, 0.29) is 11.3 Å². The standard InChI is InChI=1S/C30H29F3O4/c1-2-3-4-5-6-7-22-35-26-16-10-23(11-17-26)8-9-24-12-18-27(19-13-24)36-29(34)25-14-20-28(21-15-25)37-30(31,32)33/h10-21H,2-7,22H2,1H3. The van der Waals surface area contributed by atoms with E-state index in [9.17, 15) is 18.0 Å². The van der Waals surface area contributed by atoms with Crippen molar-refractivity contribution >= 4 is 5.97 Å². The van der Waals surface area contributed by atoms with E-state index in [1.165, 1.54) is 44.2 Å². The molecule has 4 nitrogen and oxygen atoms in total. The van der Waals surface area contributed by atoms with E-state index in [2.05, 4.69) is 23.5 Å². The molecule has 0 aromatic heterocycles. The zero-order valence-electron chi connectivity index (χ0n) is 20.6. The van der Waals surface area contributed by atoms with Gasteiger partial charge in [0.05, 0.1) is 12.2 Å². The molecule has 0 aliphatic carbocycles. The molecular weight excluding hydrogens is 481 g/mol. The second-order valence-electron chi connectivity index (χ2n) is 8.38. The molecule has 0 fully saturated rings. The van der Waals surface area contributed by atoms with Gasteiger partial charge in [0.15, 0.2) is 0 Å². The summed E-state index contributed by atoms with van der Waals surface area (Å²) in [6.07, 6.45) is 2.55. The summed E-state index contributed by atoms with van der Waals surface area (Å²) in [5.41, 5.74) is 1.68. The van der Waals surface area contributed by atoms with Crippen LogP contribution in [-0.4, -0.2) is 18.9 Å². The Morgan fingerprint density at radius 2 is 1.22 bits per heavy atom. The van der Waals surface area contributed by atoms with Crippen LogP contribution in [0.5, 0.6) is 17.2 Å². The van der Waals surface area contributed by atoms with Crippen LogP contribution < -0.4 is 14.2 Å². The number of hydrogen-bond acceptors (Lipinski definition) is 4. The van der Waals surface area contributed by atoms with Gasteiger partial charge in [0.2, 0.25) is 0 Å². The number of carbonyl (C=O) groups is 1. The van der Waals surface area contributed by atoms with Gasteiger partial charge in [-0.2, -0.15) is 0 Å². The summed E-state index contributed by atoms with van der Waals surface area (Å²) >= 11 is 0. The second kappa shape index (κ2) is 14.0. The number of hydrogen-bond donors (Lipinski definition) is 0. The van der Waals surface area contributed by atoms with Crippen LogP contribution in [-0.2, 0) is 0 Å². The van der Waals surface area contributed by atoms with E-state index in [0.29, 0.717) is 6.61 Å². The highest BCUT2D eigenvalue weighted by atomic mass is 19.4. The van der Waals surface area contributed by atoms with Crippen LogP contribution in [0.1, 0.15) is 66.9 Å². The number of ether oxygens (including phenoxy) is 3. The molecule has 0 unspecified atom stereocenters. The first-order valence-corrected chi connectivity index (χ1v) is 12.3. The normalized spacial score (nSPS) is 10.8. The molecule has 0 N–H and O–H groups in total. The number of benzene rings is 3. The Hall–Kier alpha value is -3.92. The first-order chi connectivity index (χ1) is 17.8. The largest absolute Gasteiger partial charge is 0.573 e. The van der Waals surface area contributed by atoms with E-state index in [1.54, 1.807) is 24.3 Å². The summed E-state index contributed by atoms with van der Waals surface area (Å²) in [5, 5.41) is 0. The average molecular weight is 511 g/mol. The zero-order chi connectivity index (χ0) is 26.5. The molecule has 0 amide bonds. The maximum absolute atomic E-state index is 12.2. The Morgan fingerprint density at radius 3 is 1.78 bits per heavy atom. The van der Waals surface area contributed by atoms with Crippen LogP contribution in [0, 0.1) is 11.8 Å². The number of rotatable bonds is 11. The third-order valence-electron chi connectivity index (χ3n) is 5.36. The van der Waals surface area contributed by atoms with Crippen molar-refractivity contribution in [2.24, 2.45) is 0 Å². The number of unbranched alkanes of at least 4 members (excludes halogenated alkanes) is 5. The van der Waals surface area contributed by atoms with E-state index >= 15 is 0 Å². The topological polar surface area (TPSA) is 44.8 Å². The molecule has 7 heteroatoms. The van der Waals surface area contributed by atoms with Gasteiger partial charge >= 0.3 is 12.3 Å². The van der Waals surface area contributed by atoms with Gasteiger partial charge < -0.3 is 14.2 Å². The lowest BCUT2D eigenvalue weighted by molar-refractivity contribution is -0.274. The van der Waals surface area contributed by atoms with Crippen molar-refractivity contribution < 1.29 is 32.2 Å². The third-order valence-corrected chi connectivity index (χ3v) is 5.36. The molecule has 0 bridgehead atoms. The quantitative estimate of drug-likeness (QED) is 0.114. The van der Waals surface area contributed by atoms with E-state index < -0.39 is 18.1 Å². The first-order valence-electron chi connectivity index (χ1n) is 12.3. The average Bonchev–Trinajstić information content (AvgIpc) is 2.88. The van der Waals surface area contributed by atoms with Crippen molar-refractivity contribution in [3.63, 3.8) is 0 Å². The molecule has 0 aliphatic rings. The fraction of sp³-hybridized carbons (Fsp3) is 0.300. The molecule has 194 valence electrons. The van der Waals surface area contributed by atoms with Crippen LogP contribution in [0.25, 0.3) is 0 Å². The van der Waals surface area contributed by atoms with Crippen molar-refractivity contribution in [3.8, 4) is 29.1 Å². The van der Waals surface area contributed by atoms with Gasteiger partial charge in [0, 0.05) is 11.1 Å². The summed E-state index contributed by atoms with van der Waals surface area (Å²) in [4.78, 5) is 12.2. The highest BCUT2D eigenvalue weighted by Crippen LogP contribution is 2.23. The molecule has 0 saturated heterocycles. The second-order valence-corrected chi connectivity index (χ2v) is 8.38. The van der Waals surface area contributed by atoms with E-state index in [4.69, 9.17) is 9.47 Å². The van der Waals surface area contributed by atoms with Gasteiger partial charge in [-0.25, -0.2) is 4.79 Å². The van der Waals surface area contributed by atoms with Crippen molar-refractivity contribution in [1.29, 1.82) is 0 Å². The molecule has 3 aromatic carbocycles. The van der Waals surface area contributed by atoms with Crippen LogP contribution in [0.3, 0.4) is 0 Å². The minimum Gasteiger partial charge on any atom is -0.494 e.